The Balaban J connectivity index is 0. The molecule has 0 saturated carbocycles. The quantitative estimate of drug-likeness (QED) is 0.709. The molecule has 0 spiro atoms. The number of hydrogen-bond acceptors (Lipinski definition) is 3. The third kappa shape index (κ3) is 8.14. The van der Waals surface area contributed by atoms with Crippen LogP contribution in [0.4, 0.5) is 4.70 Å². The number of phosphoric ester groups is 1. The van der Waals surface area contributed by atoms with Crippen molar-refractivity contribution in [3.05, 3.63) is 0 Å². The van der Waals surface area contributed by atoms with Crippen molar-refractivity contribution in [2.45, 2.75) is 39.9 Å². The van der Waals surface area contributed by atoms with Gasteiger partial charge in [0.2, 0.25) is 0 Å². The van der Waals surface area contributed by atoms with Crippen LogP contribution in [0.15, 0.2) is 0 Å². The van der Waals surface area contributed by atoms with Gasteiger partial charge in [-0.05, 0) is 27.7 Å². The number of hydrogen-bond donors (Lipinski definition) is 1. The van der Waals surface area contributed by atoms with E-state index in [-0.39, 0.29) is 16.9 Å². The van der Waals surface area contributed by atoms with Crippen LogP contribution in [0.5, 0.6) is 0 Å². The van der Waals surface area contributed by atoms with Crippen molar-refractivity contribution >= 4 is 7.82 Å². The van der Waals surface area contributed by atoms with Crippen molar-refractivity contribution in [3.8, 4) is 0 Å². The Morgan fingerprint density at radius 1 is 1.08 bits per heavy atom. The highest BCUT2D eigenvalue weighted by Crippen LogP contribution is 2.45. The summed E-state index contributed by atoms with van der Waals surface area (Å²) in [5, 5.41) is 0. The third-order valence-corrected chi connectivity index (χ3v) is 2.06. The number of rotatable bonds is 4. The SMILES string of the molecule is CC(C)OP(=O)(O)OC(C)C.F. The fourth-order valence-electron chi connectivity index (χ4n) is 0.558. The van der Waals surface area contributed by atoms with Gasteiger partial charge < -0.3 is 4.89 Å². The van der Waals surface area contributed by atoms with E-state index in [2.05, 4.69) is 9.05 Å². The summed E-state index contributed by atoms with van der Waals surface area (Å²) in [4.78, 5) is 8.97. The van der Waals surface area contributed by atoms with Crippen molar-refractivity contribution in [1.82, 2.24) is 0 Å². The maximum Gasteiger partial charge on any atom is 0.472 e. The van der Waals surface area contributed by atoms with Gasteiger partial charge in [0.15, 0.2) is 0 Å². The molecule has 0 bridgehead atoms. The van der Waals surface area contributed by atoms with Crippen LogP contribution < -0.4 is 0 Å². The predicted octanol–water partition coefficient (Wildman–Crippen LogP) is 2.09. The highest BCUT2D eigenvalue weighted by Gasteiger charge is 2.23. The van der Waals surface area contributed by atoms with Crippen LogP contribution in [-0.4, -0.2) is 17.1 Å². The standard InChI is InChI=1S/C6H15O4P.FH/c1-5(2)9-11(7,8)10-6(3)4;/h5-6H,1-4H3,(H,7,8);1H. The normalized spacial score (nSPS) is 11.9. The largest absolute Gasteiger partial charge is 0.472 e. The van der Waals surface area contributed by atoms with Crippen molar-refractivity contribution < 1.29 is 23.2 Å². The van der Waals surface area contributed by atoms with E-state index in [1.165, 1.54) is 0 Å². The number of phosphoric acid groups is 1. The minimum Gasteiger partial charge on any atom is -0.302 e. The fourth-order valence-corrected chi connectivity index (χ4v) is 1.67. The molecule has 0 aromatic rings. The summed E-state index contributed by atoms with van der Waals surface area (Å²) in [5.74, 6) is 0. The van der Waals surface area contributed by atoms with Crippen LogP contribution in [0.25, 0.3) is 0 Å². The monoisotopic (exact) mass is 202 g/mol. The van der Waals surface area contributed by atoms with Crippen LogP contribution in [0.2, 0.25) is 0 Å². The van der Waals surface area contributed by atoms with Crippen LogP contribution in [-0.2, 0) is 13.6 Å². The van der Waals surface area contributed by atoms with E-state index in [0.29, 0.717) is 0 Å². The average Bonchev–Trinajstić information content (AvgIpc) is 1.53. The van der Waals surface area contributed by atoms with E-state index in [9.17, 15) is 4.57 Å². The highest BCUT2D eigenvalue weighted by molar-refractivity contribution is 7.47. The molecule has 0 aromatic carbocycles. The molecular weight excluding hydrogens is 186 g/mol. The lowest BCUT2D eigenvalue weighted by Crippen LogP contribution is -2.06. The molecule has 0 aliphatic heterocycles. The van der Waals surface area contributed by atoms with E-state index >= 15 is 0 Å². The van der Waals surface area contributed by atoms with Gasteiger partial charge in [-0.3, -0.25) is 13.8 Å². The lowest BCUT2D eigenvalue weighted by Gasteiger charge is -2.16. The lowest BCUT2D eigenvalue weighted by molar-refractivity contribution is 0.0985. The molecule has 0 amide bonds. The predicted molar refractivity (Wildman–Crippen MR) is 44.8 cm³/mol. The molecule has 0 aliphatic rings. The Morgan fingerprint density at radius 2 is 1.33 bits per heavy atom. The van der Waals surface area contributed by atoms with Gasteiger partial charge in [-0.15, -0.1) is 0 Å². The van der Waals surface area contributed by atoms with Crippen molar-refractivity contribution in [2.75, 3.05) is 0 Å². The first-order valence-corrected chi connectivity index (χ1v) is 5.02. The highest BCUT2D eigenvalue weighted by atomic mass is 31.2. The molecular formula is C6H16FO4P. The van der Waals surface area contributed by atoms with Crippen LogP contribution >= 0.6 is 7.82 Å². The Kier molecular flexibility index (Phi) is 6.85. The molecule has 0 heterocycles. The lowest BCUT2D eigenvalue weighted by atomic mass is 10.5. The summed E-state index contributed by atoms with van der Waals surface area (Å²) in [6.07, 6.45) is -0.603. The van der Waals surface area contributed by atoms with Gasteiger partial charge in [-0.2, -0.15) is 0 Å². The smallest absolute Gasteiger partial charge is 0.302 e. The Bertz CT molecular complexity index is 146. The summed E-state index contributed by atoms with van der Waals surface area (Å²) in [5.41, 5.74) is 0. The average molecular weight is 202 g/mol. The van der Waals surface area contributed by atoms with Crippen LogP contribution in [0.3, 0.4) is 0 Å². The first-order chi connectivity index (χ1) is 4.83. The summed E-state index contributed by atoms with van der Waals surface area (Å²) in [6.45, 7) is 6.69. The molecule has 0 saturated heterocycles. The molecule has 0 aromatic heterocycles. The number of halogens is 1. The second kappa shape index (κ2) is 5.65. The van der Waals surface area contributed by atoms with E-state index in [1.54, 1.807) is 27.7 Å². The zero-order chi connectivity index (χ0) is 9.07. The minimum atomic E-state index is -3.80. The minimum absolute atomic E-state index is 0. The zero-order valence-electron chi connectivity index (χ0n) is 7.68. The van der Waals surface area contributed by atoms with Crippen molar-refractivity contribution in [2.24, 2.45) is 0 Å². The molecule has 6 heteroatoms. The second-order valence-electron chi connectivity index (χ2n) is 2.78. The molecule has 0 atom stereocenters. The first-order valence-electron chi connectivity index (χ1n) is 3.53. The molecule has 0 fully saturated rings. The van der Waals surface area contributed by atoms with Crippen molar-refractivity contribution in [1.29, 1.82) is 0 Å². The van der Waals surface area contributed by atoms with Gasteiger partial charge in [0.1, 0.15) is 0 Å². The molecule has 0 radical (unpaired) electrons. The summed E-state index contributed by atoms with van der Waals surface area (Å²) in [7, 11) is -3.80. The summed E-state index contributed by atoms with van der Waals surface area (Å²) in [6, 6.07) is 0. The Hall–Kier alpha value is 0.0400. The molecule has 0 unspecified atom stereocenters. The van der Waals surface area contributed by atoms with Gasteiger partial charge in [-0.25, -0.2) is 4.57 Å². The second-order valence-corrected chi connectivity index (χ2v) is 4.14. The third-order valence-electron chi connectivity index (χ3n) is 0.688. The molecule has 0 aliphatic carbocycles. The van der Waals surface area contributed by atoms with Crippen molar-refractivity contribution in [3.63, 3.8) is 0 Å². The molecule has 76 valence electrons. The van der Waals surface area contributed by atoms with E-state index in [0.717, 1.165) is 0 Å². The van der Waals surface area contributed by atoms with Gasteiger partial charge in [-0.1, -0.05) is 0 Å². The maximum absolute atomic E-state index is 10.9. The van der Waals surface area contributed by atoms with Gasteiger partial charge in [0.05, 0.1) is 12.2 Å². The summed E-state index contributed by atoms with van der Waals surface area (Å²) >= 11 is 0. The van der Waals surface area contributed by atoms with Gasteiger partial charge in [0.25, 0.3) is 0 Å². The zero-order valence-corrected chi connectivity index (χ0v) is 8.58. The molecule has 12 heavy (non-hydrogen) atoms. The molecule has 4 nitrogen and oxygen atoms in total. The van der Waals surface area contributed by atoms with Gasteiger partial charge in [0, 0.05) is 0 Å². The summed E-state index contributed by atoms with van der Waals surface area (Å²) < 4.78 is 20.2. The fraction of sp³-hybridized carbons (Fsp3) is 1.00. The van der Waals surface area contributed by atoms with Gasteiger partial charge >= 0.3 is 7.82 Å². The Morgan fingerprint density at radius 3 is 1.50 bits per heavy atom. The Labute approximate surface area is 71.9 Å². The van der Waals surface area contributed by atoms with Crippen LogP contribution in [0, 0.1) is 0 Å². The van der Waals surface area contributed by atoms with E-state index < -0.39 is 7.82 Å². The first kappa shape index (κ1) is 14.6. The van der Waals surface area contributed by atoms with E-state index in [4.69, 9.17) is 4.89 Å². The maximum atomic E-state index is 10.9. The topological polar surface area (TPSA) is 55.8 Å². The van der Waals surface area contributed by atoms with E-state index in [1.807, 2.05) is 0 Å². The van der Waals surface area contributed by atoms with Crippen LogP contribution in [0.1, 0.15) is 27.7 Å². The molecule has 1 N–H and O–H groups in total. The molecule has 0 rings (SSSR count).